The third-order valence-corrected chi connectivity index (χ3v) is 10.9. The summed E-state index contributed by atoms with van der Waals surface area (Å²) in [7, 11) is -4.48. The molecule has 0 N–H and O–H groups in total. The van der Waals surface area contributed by atoms with Crippen molar-refractivity contribution in [1.29, 1.82) is 0 Å². The van der Waals surface area contributed by atoms with E-state index in [2.05, 4.69) is 0 Å². The molecule has 0 spiro atoms. The van der Waals surface area contributed by atoms with Crippen LogP contribution in [-0.2, 0) is 9.84 Å². The molecule has 216 valence electrons. The van der Waals surface area contributed by atoms with E-state index in [9.17, 15) is 8.42 Å². The van der Waals surface area contributed by atoms with Crippen molar-refractivity contribution in [2.75, 3.05) is 0 Å². The van der Waals surface area contributed by atoms with Crippen LogP contribution in [0.5, 0.6) is 0 Å². The van der Waals surface area contributed by atoms with Gasteiger partial charge in [-0.3, -0.25) is 0 Å². The van der Waals surface area contributed by atoms with E-state index >= 15 is 26.3 Å². The third kappa shape index (κ3) is 4.24. The van der Waals surface area contributed by atoms with Crippen molar-refractivity contribution in [2.45, 2.75) is 51.4 Å². The summed E-state index contributed by atoms with van der Waals surface area (Å²) in [5.41, 5.74) is -3.70. The van der Waals surface area contributed by atoms with Crippen LogP contribution < -0.4 is 0 Å². The fourth-order valence-corrected chi connectivity index (χ4v) is 8.61. The SMILES string of the molecule is CC(C)C1=C(C2=C(c3cc(-c4ccccc4)sc3C(C)C)C(F)(F)C(F)(F)C2(F)F)C=C(c2ccccc2)S1(=O)=O. The van der Waals surface area contributed by atoms with E-state index in [0.29, 0.717) is 10.4 Å². The van der Waals surface area contributed by atoms with E-state index in [0.717, 1.165) is 17.4 Å². The molecule has 5 rings (SSSR count). The molecule has 41 heavy (non-hydrogen) atoms. The van der Waals surface area contributed by atoms with Gasteiger partial charge in [-0.2, -0.15) is 26.3 Å². The summed E-state index contributed by atoms with van der Waals surface area (Å²) in [6.07, 6.45) is 0.847. The fourth-order valence-electron chi connectivity index (χ4n) is 5.41. The lowest BCUT2D eigenvalue weighted by Gasteiger charge is -2.26. The summed E-state index contributed by atoms with van der Waals surface area (Å²) in [5.74, 6) is -17.9. The Morgan fingerprint density at radius 1 is 0.707 bits per heavy atom. The zero-order chi connectivity index (χ0) is 30.1. The van der Waals surface area contributed by atoms with Gasteiger partial charge in [-0.1, -0.05) is 88.4 Å². The standard InChI is InChI=1S/C31H26F6O2S2/c1-17(2)27-21(15-23(40-27)19-11-7-5-8-12-19)25-26(30(34,35)31(36,37)29(25,32)33)22-16-24(20-13-9-6-10-14-20)41(38,39)28(22)18(3)4/h5-18H,1-4H3. The van der Waals surface area contributed by atoms with Gasteiger partial charge in [0.25, 0.3) is 0 Å². The summed E-state index contributed by atoms with van der Waals surface area (Å²) >= 11 is 1.05. The molecule has 0 radical (unpaired) electrons. The minimum atomic E-state index is -5.81. The van der Waals surface area contributed by atoms with Crippen molar-refractivity contribution >= 4 is 31.7 Å². The summed E-state index contributed by atoms with van der Waals surface area (Å²) in [4.78, 5) is -0.355. The average molecular weight is 609 g/mol. The first kappa shape index (κ1) is 29.4. The number of benzene rings is 2. The molecule has 1 aliphatic carbocycles. The lowest BCUT2D eigenvalue weighted by atomic mass is 9.90. The normalized spacial score (nSPS) is 20.8. The molecule has 2 aliphatic rings. The van der Waals surface area contributed by atoms with Crippen LogP contribution in [0.15, 0.2) is 88.9 Å². The van der Waals surface area contributed by atoms with Gasteiger partial charge in [0.05, 0.1) is 9.81 Å². The molecule has 0 amide bonds. The maximum absolute atomic E-state index is 15.8. The zero-order valence-electron chi connectivity index (χ0n) is 22.5. The van der Waals surface area contributed by atoms with Crippen molar-refractivity contribution in [1.82, 2.24) is 0 Å². The Morgan fingerprint density at radius 3 is 1.73 bits per heavy atom. The van der Waals surface area contributed by atoms with Gasteiger partial charge >= 0.3 is 17.8 Å². The second-order valence-corrected chi connectivity index (χ2v) is 13.7. The molecule has 3 aromatic rings. The van der Waals surface area contributed by atoms with E-state index < -0.39 is 71.5 Å². The minimum Gasteiger partial charge on any atom is -0.219 e. The maximum Gasteiger partial charge on any atom is 0.380 e. The Balaban J connectivity index is 1.92. The number of halogens is 6. The summed E-state index contributed by atoms with van der Waals surface area (Å²) in [5, 5.41) is 0. The van der Waals surface area contributed by atoms with Crippen molar-refractivity contribution < 1.29 is 34.8 Å². The second kappa shape index (κ2) is 9.73. The molecule has 2 nitrogen and oxygen atoms in total. The first-order chi connectivity index (χ1) is 19.0. The van der Waals surface area contributed by atoms with Crippen molar-refractivity contribution in [2.24, 2.45) is 5.92 Å². The van der Waals surface area contributed by atoms with Gasteiger partial charge in [-0.25, -0.2) is 8.42 Å². The van der Waals surface area contributed by atoms with Gasteiger partial charge in [0, 0.05) is 26.5 Å². The number of hydrogen-bond donors (Lipinski definition) is 0. The molecule has 0 unspecified atom stereocenters. The predicted octanol–water partition coefficient (Wildman–Crippen LogP) is 9.59. The molecule has 0 atom stereocenters. The summed E-state index contributed by atoms with van der Waals surface area (Å²) in [6, 6.07) is 17.3. The maximum atomic E-state index is 15.8. The summed E-state index contributed by atoms with van der Waals surface area (Å²) in [6.45, 7) is 6.10. The highest BCUT2D eigenvalue weighted by Crippen LogP contribution is 2.66. The van der Waals surface area contributed by atoms with Crippen LogP contribution in [0, 0.1) is 5.92 Å². The van der Waals surface area contributed by atoms with Crippen LogP contribution >= 0.6 is 11.3 Å². The highest BCUT2D eigenvalue weighted by Gasteiger charge is 2.81. The molecule has 1 aliphatic heterocycles. The Kier molecular flexibility index (Phi) is 6.97. The van der Waals surface area contributed by atoms with Gasteiger partial charge < -0.3 is 0 Å². The number of allylic oxidation sites excluding steroid dienone is 5. The van der Waals surface area contributed by atoms with Crippen LogP contribution in [0.2, 0.25) is 0 Å². The van der Waals surface area contributed by atoms with Crippen LogP contribution in [0.25, 0.3) is 20.9 Å². The molecule has 0 bridgehead atoms. The van der Waals surface area contributed by atoms with Gasteiger partial charge in [0.15, 0.2) is 0 Å². The van der Waals surface area contributed by atoms with Gasteiger partial charge in [-0.05, 0) is 40.7 Å². The summed E-state index contributed by atoms with van der Waals surface area (Å²) < 4.78 is 121. The van der Waals surface area contributed by atoms with Crippen molar-refractivity contribution in [3.8, 4) is 10.4 Å². The Labute approximate surface area is 238 Å². The zero-order valence-corrected chi connectivity index (χ0v) is 24.1. The van der Waals surface area contributed by atoms with Crippen LogP contribution in [-0.4, -0.2) is 26.2 Å². The van der Waals surface area contributed by atoms with E-state index in [-0.39, 0.29) is 10.4 Å². The fraction of sp³-hybridized carbons (Fsp3) is 0.290. The molecule has 2 aromatic carbocycles. The largest absolute Gasteiger partial charge is 0.380 e. The Hall–Kier alpha value is -3.11. The topological polar surface area (TPSA) is 34.1 Å². The van der Waals surface area contributed by atoms with E-state index in [1.54, 1.807) is 50.2 Å². The molecular weight excluding hydrogens is 582 g/mol. The van der Waals surface area contributed by atoms with Gasteiger partial charge in [0.2, 0.25) is 9.84 Å². The molecule has 10 heteroatoms. The van der Waals surface area contributed by atoms with E-state index in [1.807, 2.05) is 0 Å². The predicted molar refractivity (Wildman–Crippen MR) is 151 cm³/mol. The number of sulfone groups is 1. The number of rotatable bonds is 6. The molecule has 1 aromatic heterocycles. The van der Waals surface area contributed by atoms with Crippen LogP contribution in [0.1, 0.15) is 49.6 Å². The van der Waals surface area contributed by atoms with Gasteiger partial charge in [-0.15, -0.1) is 11.3 Å². The highest BCUT2D eigenvalue weighted by molar-refractivity contribution is 8.04. The monoisotopic (exact) mass is 608 g/mol. The second-order valence-electron chi connectivity index (χ2n) is 10.7. The molecule has 0 fully saturated rings. The Morgan fingerprint density at radius 2 is 1.22 bits per heavy atom. The molecule has 0 saturated carbocycles. The molecule has 0 saturated heterocycles. The van der Waals surface area contributed by atoms with Crippen molar-refractivity contribution in [3.05, 3.63) is 105 Å². The average Bonchev–Trinajstić information content (AvgIpc) is 3.48. The molecule has 2 heterocycles. The van der Waals surface area contributed by atoms with Gasteiger partial charge in [0.1, 0.15) is 0 Å². The lowest BCUT2D eigenvalue weighted by molar-refractivity contribution is -0.259. The highest BCUT2D eigenvalue weighted by atomic mass is 32.2. The first-order valence-corrected chi connectivity index (χ1v) is 15.2. The molecular formula is C31H26F6O2S2. The number of hydrogen-bond acceptors (Lipinski definition) is 3. The third-order valence-electron chi connectivity index (χ3n) is 7.25. The Bertz CT molecular complexity index is 1710. The lowest BCUT2D eigenvalue weighted by Crippen LogP contribution is -2.49. The van der Waals surface area contributed by atoms with Crippen LogP contribution in [0.3, 0.4) is 0 Å². The number of thiophene rings is 1. The van der Waals surface area contributed by atoms with Crippen LogP contribution in [0.4, 0.5) is 26.3 Å². The minimum absolute atomic E-state index is 0.132. The van der Waals surface area contributed by atoms with E-state index in [1.165, 1.54) is 44.2 Å². The smallest absolute Gasteiger partial charge is 0.219 e. The first-order valence-electron chi connectivity index (χ1n) is 12.9. The quantitative estimate of drug-likeness (QED) is 0.261. The van der Waals surface area contributed by atoms with Crippen molar-refractivity contribution in [3.63, 3.8) is 0 Å². The number of alkyl halides is 6. The van der Waals surface area contributed by atoms with E-state index in [4.69, 9.17) is 0 Å².